The molecule has 0 spiro atoms. The van der Waals surface area contributed by atoms with Gasteiger partial charge in [0.15, 0.2) is 5.82 Å². The molecule has 134 valence electrons. The van der Waals surface area contributed by atoms with Crippen LogP contribution >= 0.6 is 12.2 Å². The molecule has 1 heterocycles. The summed E-state index contributed by atoms with van der Waals surface area (Å²) in [5.74, 6) is 1.56. The molecule has 1 N–H and O–H groups in total. The van der Waals surface area contributed by atoms with Crippen LogP contribution in [0.25, 0.3) is 11.4 Å². The first-order valence-corrected chi connectivity index (χ1v) is 9.19. The fourth-order valence-electron chi connectivity index (χ4n) is 2.49. The van der Waals surface area contributed by atoms with Crippen molar-refractivity contribution in [3.8, 4) is 17.1 Å². The van der Waals surface area contributed by atoms with Crippen molar-refractivity contribution in [3.05, 3.63) is 64.9 Å². The van der Waals surface area contributed by atoms with Crippen LogP contribution in [0.3, 0.4) is 0 Å². The zero-order valence-electron chi connectivity index (χ0n) is 14.8. The predicted molar refractivity (Wildman–Crippen MR) is 107 cm³/mol. The molecule has 3 rings (SSSR count). The summed E-state index contributed by atoms with van der Waals surface area (Å²) in [7, 11) is 0. The van der Waals surface area contributed by atoms with E-state index < -0.39 is 0 Å². The number of ether oxygens (including phenoxy) is 1. The van der Waals surface area contributed by atoms with Gasteiger partial charge in [0.25, 0.3) is 0 Å². The van der Waals surface area contributed by atoms with Gasteiger partial charge in [0.1, 0.15) is 5.75 Å². The van der Waals surface area contributed by atoms with E-state index in [0.29, 0.717) is 10.6 Å². The van der Waals surface area contributed by atoms with E-state index in [0.717, 1.165) is 29.9 Å². The lowest BCUT2D eigenvalue weighted by atomic mass is 10.2. The largest absolute Gasteiger partial charge is 0.494 e. The minimum atomic E-state index is 0.455. The van der Waals surface area contributed by atoms with Crippen LogP contribution < -0.4 is 4.74 Å². The van der Waals surface area contributed by atoms with Crippen molar-refractivity contribution < 1.29 is 4.74 Å². The topological polar surface area (TPSA) is 55.2 Å². The molecule has 0 bridgehead atoms. The van der Waals surface area contributed by atoms with Crippen molar-refractivity contribution in [2.24, 2.45) is 5.10 Å². The molecule has 0 aliphatic heterocycles. The fraction of sp³-hybridized carbons (Fsp3) is 0.250. The van der Waals surface area contributed by atoms with Gasteiger partial charge in [0.2, 0.25) is 4.77 Å². The van der Waals surface area contributed by atoms with Gasteiger partial charge in [0.05, 0.1) is 12.8 Å². The second-order valence-corrected chi connectivity index (χ2v) is 6.29. The van der Waals surface area contributed by atoms with E-state index in [-0.39, 0.29) is 0 Å². The third kappa shape index (κ3) is 4.67. The molecule has 1 aromatic heterocycles. The Morgan fingerprint density at radius 3 is 2.62 bits per heavy atom. The van der Waals surface area contributed by atoms with Gasteiger partial charge in [-0.25, -0.2) is 5.10 Å². The van der Waals surface area contributed by atoms with E-state index in [2.05, 4.69) is 22.2 Å². The monoisotopic (exact) mass is 366 g/mol. The molecule has 0 saturated heterocycles. The van der Waals surface area contributed by atoms with Crippen LogP contribution in [-0.4, -0.2) is 27.7 Å². The normalized spacial score (nSPS) is 11.1. The van der Waals surface area contributed by atoms with E-state index in [1.54, 1.807) is 10.9 Å². The molecule has 2 aromatic carbocycles. The zero-order valence-corrected chi connectivity index (χ0v) is 15.6. The molecule has 0 unspecified atom stereocenters. The summed E-state index contributed by atoms with van der Waals surface area (Å²) in [6, 6.07) is 17.7. The Labute approximate surface area is 158 Å². The highest BCUT2D eigenvalue weighted by Gasteiger charge is 2.07. The summed E-state index contributed by atoms with van der Waals surface area (Å²) >= 11 is 5.29. The predicted octanol–water partition coefficient (Wildman–Crippen LogP) is 5.06. The van der Waals surface area contributed by atoms with Gasteiger partial charge in [-0.1, -0.05) is 50.1 Å². The van der Waals surface area contributed by atoms with Gasteiger partial charge in [-0.2, -0.15) is 14.9 Å². The number of H-pyrrole nitrogens is 1. The van der Waals surface area contributed by atoms with Crippen molar-refractivity contribution in [2.75, 3.05) is 6.61 Å². The number of aromatic nitrogens is 3. The molecule has 0 fully saturated rings. The average Bonchev–Trinajstić information content (AvgIpc) is 3.06. The number of hydrogen-bond acceptors (Lipinski definition) is 4. The number of nitrogens with one attached hydrogen (secondary N) is 1. The van der Waals surface area contributed by atoms with E-state index in [1.165, 1.54) is 12.8 Å². The first-order chi connectivity index (χ1) is 12.8. The minimum absolute atomic E-state index is 0.455. The third-order valence-electron chi connectivity index (χ3n) is 3.90. The van der Waals surface area contributed by atoms with E-state index in [1.807, 2.05) is 54.6 Å². The molecular weight excluding hydrogens is 344 g/mol. The SMILES string of the molecule is CCCCCOc1ccc(/C=N/n2c(-c3ccccc3)n[nH]c2=S)cc1. The lowest BCUT2D eigenvalue weighted by Crippen LogP contribution is -1.97. The average molecular weight is 366 g/mol. The Hall–Kier alpha value is -2.73. The van der Waals surface area contributed by atoms with Gasteiger partial charge in [0, 0.05) is 5.56 Å². The van der Waals surface area contributed by atoms with Crippen LogP contribution in [0.4, 0.5) is 0 Å². The summed E-state index contributed by atoms with van der Waals surface area (Å²) < 4.78 is 7.81. The van der Waals surface area contributed by atoms with E-state index in [4.69, 9.17) is 17.0 Å². The van der Waals surface area contributed by atoms with Crippen molar-refractivity contribution in [3.63, 3.8) is 0 Å². The molecule has 0 saturated carbocycles. The summed E-state index contributed by atoms with van der Waals surface area (Å²) in [4.78, 5) is 0. The number of rotatable bonds is 8. The first kappa shape index (κ1) is 18.1. The third-order valence-corrected chi connectivity index (χ3v) is 4.17. The highest BCUT2D eigenvalue weighted by molar-refractivity contribution is 7.71. The molecule has 0 amide bonds. The molecule has 0 aliphatic rings. The van der Waals surface area contributed by atoms with Gasteiger partial charge in [-0.05, 0) is 48.5 Å². The summed E-state index contributed by atoms with van der Waals surface area (Å²) in [5, 5.41) is 11.6. The van der Waals surface area contributed by atoms with E-state index >= 15 is 0 Å². The second kappa shape index (κ2) is 9.10. The van der Waals surface area contributed by atoms with Crippen molar-refractivity contribution >= 4 is 18.4 Å². The molecule has 6 heteroatoms. The second-order valence-electron chi connectivity index (χ2n) is 5.90. The Morgan fingerprint density at radius 2 is 1.88 bits per heavy atom. The van der Waals surface area contributed by atoms with Crippen LogP contribution in [0.15, 0.2) is 59.7 Å². The first-order valence-electron chi connectivity index (χ1n) is 8.78. The zero-order chi connectivity index (χ0) is 18.2. The van der Waals surface area contributed by atoms with E-state index in [9.17, 15) is 0 Å². The lowest BCUT2D eigenvalue weighted by Gasteiger charge is -2.05. The fourth-order valence-corrected chi connectivity index (χ4v) is 2.67. The van der Waals surface area contributed by atoms with Crippen LogP contribution in [0.2, 0.25) is 0 Å². The Morgan fingerprint density at radius 1 is 1.12 bits per heavy atom. The van der Waals surface area contributed by atoms with Gasteiger partial charge < -0.3 is 4.74 Å². The maximum atomic E-state index is 5.73. The lowest BCUT2D eigenvalue weighted by molar-refractivity contribution is 0.306. The molecular formula is C20H22N4OS. The summed E-state index contributed by atoms with van der Waals surface area (Å²) in [5.41, 5.74) is 1.92. The summed E-state index contributed by atoms with van der Waals surface area (Å²) in [6.45, 7) is 2.94. The molecule has 26 heavy (non-hydrogen) atoms. The van der Waals surface area contributed by atoms with Crippen molar-refractivity contribution in [2.45, 2.75) is 26.2 Å². The quantitative estimate of drug-likeness (QED) is 0.344. The molecule has 0 aliphatic carbocycles. The highest BCUT2D eigenvalue weighted by atomic mass is 32.1. The Kier molecular flexibility index (Phi) is 6.33. The Balaban J connectivity index is 1.71. The van der Waals surface area contributed by atoms with Crippen LogP contribution in [-0.2, 0) is 0 Å². The molecule has 5 nitrogen and oxygen atoms in total. The van der Waals surface area contributed by atoms with Crippen LogP contribution in [0.5, 0.6) is 5.75 Å². The molecule has 3 aromatic rings. The minimum Gasteiger partial charge on any atom is -0.494 e. The highest BCUT2D eigenvalue weighted by Crippen LogP contribution is 2.17. The number of hydrogen-bond donors (Lipinski definition) is 1. The Bertz CT molecular complexity index is 898. The van der Waals surface area contributed by atoms with Crippen LogP contribution in [0, 0.1) is 4.77 Å². The van der Waals surface area contributed by atoms with Crippen LogP contribution in [0.1, 0.15) is 31.7 Å². The van der Waals surface area contributed by atoms with Gasteiger partial charge >= 0.3 is 0 Å². The van der Waals surface area contributed by atoms with Crippen molar-refractivity contribution in [1.82, 2.24) is 14.9 Å². The number of benzene rings is 2. The van der Waals surface area contributed by atoms with Gasteiger partial charge in [-0.3, -0.25) is 0 Å². The molecule has 0 atom stereocenters. The number of nitrogens with zero attached hydrogens (tertiary/aromatic N) is 3. The number of aromatic amines is 1. The molecule has 0 radical (unpaired) electrons. The summed E-state index contributed by atoms with van der Waals surface area (Å²) in [6.07, 6.45) is 5.24. The maximum absolute atomic E-state index is 5.73. The van der Waals surface area contributed by atoms with Crippen molar-refractivity contribution in [1.29, 1.82) is 0 Å². The van der Waals surface area contributed by atoms with Gasteiger partial charge in [-0.15, -0.1) is 0 Å². The smallest absolute Gasteiger partial charge is 0.216 e. The maximum Gasteiger partial charge on any atom is 0.216 e. The number of unbranched alkanes of at least 4 members (excludes halogenated alkanes) is 2. The standard InChI is InChI=1S/C20H22N4OS/c1-2-3-7-14-25-18-12-10-16(11-13-18)15-21-24-19(22-23-20(24)26)17-8-5-4-6-9-17/h4-6,8-13,15H,2-3,7,14H2,1H3,(H,23,26)/b21-15+.